The van der Waals surface area contributed by atoms with Crippen LogP contribution < -0.4 is 21.5 Å². The van der Waals surface area contributed by atoms with Crippen molar-refractivity contribution in [2.45, 2.75) is 18.5 Å². The van der Waals surface area contributed by atoms with Crippen LogP contribution in [0.2, 0.25) is 5.02 Å². The van der Waals surface area contributed by atoms with Crippen molar-refractivity contribution < 1.29 is 9.53 Å². The van der Waals surface area contributed by atoms with Gasteiger partial charge in [0.15, 0.2) is 0 Å². The van der Waals surface area contributed by atoms with Gasteiger partial charge in [-0.2, -0.15) is 4.68 Å². The lowest BCUT2D eigenvalue weighted by atomic mass is 10.1. The lowest BCUT2D eigenvalue weighted by molar-refractivity contribution is -0.113. The molecule has 0 bridgehead atoms. The van der Waals surface area contributed by atoms with E-state index in [1.54, 1.807) is 42.5 Å². The van der Waals surface area contributed by atoms with Crippen LogP contribution in [0.4, 0.5) is 5.69 Å². The molecule has 3 rings (SSSR count). The number of nitrogens with one attached hydrogen (secondary N) is 1. The molecule has 2 aromatic carbocycles. The Kier molecular flexibility index (Phi) is 7.31. The normalized spacial score (nSPS) is 10.6. The average Bonchev–Trinajstić information content (AvgIpc) is 2.74. The molecule has 10 heteroatoms. The largest absolute Gasteiger partial charge is 0.492 e. The van der Waals surface area contributed by atoms with E-state index in [1.165, 1.54) is 0 Å². The molecule has 0 atom stereocenters. The summed E-state index contributed by atoms with van der Waals surface area (Å²) in [5.74, 6) is 6.17. The highest BCUT2D eigenvalue weighted by Gasteiger charge is 2.14. The minimum atomic E-state index is -0.468. The van der Waals surface area contributed by atoms with Gasteiger partial charge in [-0.15, -0.1) is 10.2 Å². The molecule has 0 radical (unpaired) electrons. The van der Waals surface area contributed by atoms with Gasteiger partial charge in [0.25, 0.3) is 5.56 Å². The number of aromatic nitrogens is 3. The minimum Gasteiger partial charge on any atom is -0.492 e. The maximum Gasteiger partial charge on any atom is 0.294 e. The predicted molar refractivity (Wildman–Crippen MR) is 118 cm³/mol. The molecule has 0 saturated heterocycles. The van der Waals surface area contributed by atoms with E-state index in [4.69, 9.17) is 22.2 Å². The number of ether oxygens (including phenoxy) is 1. The fourth-order valence-corrected chi connectivity index (χ4v) is 3.37. The number of para-hydroxylation sites is 2. The highest BCUT2D eigenvalue weighted by Crippen LogP contribution is 2.24. The lowest BCUT2D eigenvalue weighted by Gasteiger charge is -2.11. The number of halogens is 1. The molecule has 0 spiro atoms. The second-order valence-corrected chi connectivity index (χ2v) is 7.55. The minimum absolute atomic E-state index is 0.00229. The number of nitrogen functional groups attached to an aromatic ring is 1. The quantitative estimate of drug-likeness (QED) is 0.405. The van der Waals surface area contributed by atoms with Gasteiger partial charge in [0, 0.05) is 11.4 Å². The summed E-state index contributed by atoms with van der Waals surface area (Å²) < 4.78 is 6.39. The Balaban J connectivity index is 1.64. The number of anilines is 1. The molecular formula is C20H20ClN5O3S. The fraction of sp³-hybridized carbons (Fsp3) is 0.200. The van der Waals surface area contributed by atoms with Gasteiger partial charge < -0.3 is 15.9 Å². The molecule has 1 aromatic heterocycles. The summed E-state index contributed by atoms with van der Waals surface area (Å²) in [6.45, 7) is 2.35. The first kappa shape index (κ1) is 21.7. The van der Waals surface area contributed by atoms with Crippen LogP contribution in [0, 0.1) is 0 Å². The second kappa shape index (κ2) is 10.1. The number of carbonyl (C=O) groups is 1. The summed E-state index contributed by atoms with van der Waals surface area (Å²) in [4.78, 5) is 24.8. The van der Waals surface area contributed by atoms with Crippen molar-refractivity contribution in [2.75, 3.05) is 23.5 Å². The molecule has 0 fully saturated rings. The Morgan fingerprint density at radius 1 is 1.20 bits per heavy atom. The summed E-state index contributed by atoms with van der Waals surface area (Å²) >= 11 is 6.89. The molecule has 0 aliphatic rings. The van der Waals surface area contributed by atoms with Crippen LogP contribution in [0.1, 0.15) is 18.2 Å². The van der Waals surface area contributed by atoms with Gasteiger partial charge in [-0.1, -0.05) is 47.6 Å². The average molecular weight is 446 g/mol. The molecule has 0 saturated carbocycles. The summed E-state index contributed by atoms with van der Waals surface area (Å²) in [5, 5.41) is 11.5. The summed E-state index contributed by atoms with van der Waals surface area (Å²) in [6, 6.07) is 14.2. The SMILES string of the molecule is CCOc1ccccc1NC(=O)CSc1nnc(Cc2ccc(Cl)cc2)c(=O)n1N. The molecule has 8 nitrogen and oxygen atoms in total. The second-order valence-electron chi connectivity index (χ2n) is 6.17. The molecule has 3 N–H and O–H groups in total. The van der Waals surface area contributed by atoms with Crippen molar-refractivity contribution in [2.24, 2.45) is 0 Å². The zero-order valence-corrected chi connectivity index (χ0v) is 17.7. The van der Waals surface area contributed by atoms with Crippen LogP contribution in [0.15, 0.2) is 58.5 Å². The van der Waals surface area contributed by atoms with Crippen LogP contribution >= 0.6 is 23.4 Å². The number of hydrogen-bond donors (Lipinski definition) is 2. The van der Waals surface area contributed by atoms with Crippen molar-refractivity contribution in [3.63, 3.8) is 0 Å². The van der Waals surface area contributed by atoms with E-state index in [9.17, 15) is 9.59 Å². The Bertz CT molecular complexity index is 1090. The summed E-state index contributed by atoms with van der Waals surface area (Å²) in [7, 11) is 0. The highest BCUT2D eigenvalue weighted by molar-refractivity contribution is 7.99. The maximum absolute atomic E-state index is 12.5. The van der Waals surface area contributed by atoms with E-state index >= 15 is 0 Å². The monoisotopic (exact) mass is 445 g/mol. The van der Waals surface area contributed by atoms with Crippen molar-refractivity contribution in [3.8, 4) is 5.75 Å². The first-order chi connectivity index (χ1) is 14.5. The maximum atomic E-state index is 12.5. The summed E-state index contributed by atoms with van der Waals surface area (Å²) in [5.41, 5.74) is 1.17. The van der Waals surface area contributed by atoms with E-state index < -0.39 is 5.56 Å². The van der Waals surface area contributed by atoms with Gasteiger partial charge in [-0.25, -0.2) is 0 Å². The molecule has 1 heterocycles. The van der Waals surface area contributed by atoms with Crippen molar-refractivity contribution >= 4 is 35.0 Å². The zero-order valence-electron chi connectivity index (χ0n) is 16.2. The third-order valence-corrected chi connectivity index (χ3v) is 5.20. The number of nitrogens with two attached hydrogens (primary N) is 1. The Hall–Kier alpha value is -3.04. The van der Waals surface area contributed by atoms with Gasteiger partial charge in [0.05, 0.1) is 18.0 Å². The first-order valence-electron chi connectivity index (χ1n) is 9.10. The predicted octanol–water partition coefficient (Wildman–Crippen LogP) is 2.73. The van der Waals surface area contributed by atoms with Crippen LogP contribution in [0.25, 0.3) is 0 Å². The molecule has 0 aliphatic heterocycles. The highest BCUT2D eigenvalue weighted by atomic mass is 35.5. The van der Waals surface area contributed by atoms with Gasteiger partial charge in [-0.05, 0) is 36.8 Å². The number of rotatable bonds is 8. The van der Waals surface area contributed by atoms with E-state index in [0.717, 1.165) is 22.0 Å². The molecule has 3 aromatic rings. The molecule has 0 unspecified atom stereocenters. The topological polar surface area (TPSA) is 112 Å². The third kappa shape index (κ3) is 5.52. The van der Waals surface area contributed by atoms with E-state index in [2.05, 4.69) is 15.5 Å². The molecule has 1 amide bonds. The third-order valence-electron chi connectivity index (χ3n) is 4.01. The number of amides is 1. The Labute approximate surface area is 182 Å². The van der Waals surface area contributed by atoms with Gasteiger partial charge >= 0.3 is 0 Å². The van der Waals surface area contributed by atoms with E-state index in [0.29, 0.717) is 23.1 Å². The zero-order chi connectivity index (χ0) is 21.5. The number of benzene rings is 2. The molecule has 156 valence electrons. The van der Waals surface area contributed by atoms with E-state index in [1.807, 2.05) is 13.0 Å². The smallest absolute Gasteiger partial charge is 0.294 e. The Morgan fingerprint density at radius 3 is 2.67 bits per heavy atom. The lowest BCUT2D eigenvalue weighted by Crippen LogP contribution is -2.34. The van der Waals surface area contributed by atoms with E-state index in [-0.39, 0.29) is 28.9 Å². The van der Waals surface area contributed by atoms with Crippen LogP contribution in [0.3, 0.4) is 0 Å². The number of carbonyl (C=O) groups excluding carboxylic acids is 1. The number of nitrogens with zero attached hydrogens (tertiary/aromatic N) is 3. The van der Waals surface area contributed by atoms with Crippen molar-refractivity contribution in [1.82, 2.24) is 14.9 Å². The Morgan fingerprint density at radius 2 is 1.93 bits per heavy atom. The molecular weight excluding hydrogens is 426 g/mol. The summed E-state index contributed by atoms with van der Waals surface area (Å²) in [6.07, 6.45) is 0.278. The van der Waals surface area contributed by atoms with Crippen LogP contribution in [-0.4, -0.2) is 33.1 Å². The van der Waals surface area contributed by atoms with Gasteiger partial charge in [-0.3, -0.25) is 9.59 Å². The first-order valence-corrected chi connectivity index (χ1v) is 10.5. The fourth-order valence-electron chi connectivity index (χ4n) is 2.59. The van der Waals surface area contributed by atoms with Crippen LogP contribution in [0.5, 0.6) is 5.75 Å². The molecule has 0 aliphatic carbocycles. The number of hydrogen-bond acceptors (Lipinski definition) is 7. The molecule has 30 heavy (non-hydrogen) atoms. The van der Waals surface area contributed by atoms with Gasteiger partial charge in [0.1, 0.15) is 11.4 Å². The standard InChI is InChI=1S/C20H20ClN5O3S/c1-2-29-17-6-4-3-5-15(17)23-18(27)12-30-20-25-24-16(19(28)26(20)22)11-13-7-9-14(21)10-8-13/h3-10H,2,11-12,22H2,1H3,(H,23,27). The van der Waals surface area contributed by atoms with Crippen LogP contribution in [-0.2, 0) is 11.2 Å². The van der Waals surface area contributed by atoms with Crippen molar-refractivity contribution in [1.29, 1.82) is 0 Å². The number of thioether (sulfide) groups is 1. The van der Waals surface area contributed by atoms with Crippen molar-refractivity contribution in [3.05, 3.63) is 75.2 Å². The van der Waals surface area contributed by atoms with Gasteiger partial charge in [0.2, 0.25) is 11.1 Å².